The van der Waals surface area contributed by atoms with Gasteiger partial charge in [0.2, 0.25) is 0 Å². The summed E-state index contributed by atoms with van der Waals surface area (Å²) in [6.45, 7) is 0. The van der Waals surface area contributed by atoms with Gasteiger partial charge in [-0.15, -0.1) is 0 Å². The van der Waals surface area contributed by atoms with Crippen LogP contribution in [0.1, 0.15) is 43.5 Å². The molecule has 0 aliphatic heterocycles. The number of para-hydroxylation sites is 2. The number of carbonyl (C=O) groups is 2. The molecule has 0 bridgehead atoms. The Hall–Kier alpha value is -7.78. The normalized spacial score (nSPS) is 12.2. The predicted molar refractivity (Wildman–Crippen MR) is 205 cm³/mol. The molecule has 64 heavy (non-hydrogen) atoms. The lowest BCUT2D eigenvalue weighted by Gasteiger charge is -2.27. The van der Waals surface area contributed by atoms with Gasteiger partial charge in [-0.1, -0.05) is 42.5 Å². The molecular weight excluding hydrogens is 878 g/mol. The SMILES string of the molecule is O=C(Nc1ccc(-n2nc(C(F)(F)F)cc2C(F)(F)F)cc1)c1cccc(NN(C(=O)c2ccccc2)c2ccc(-n3nc(C(F)(F)F)cc3C(F)(F)F)cc2)c1Oc1ccccc1. The topological polar surface area (TPSA) is 106 Å². The van der Waals surface area contributed by atoms with E-state index in [4.69, 9.17) is 4.74 Å². The van der Waals surface area contributed by atoms with E-state index in [9.17, 15) is 62.3 Å². The molecule has 0 atom stereocenters. The Kier molecular flexibility index (Phi) is 11.6. The van der Waals surface area contributed by atoms with E-state index in [1.807, 2.05) is 0 Å². The number of hydrazine groups is 1. The maximum atomic E-state index is 14.1. The number of rotatable bonds is 10. The van der Waals surface area contributed by atoms with Crippen molar-refractivity contribution in [2.75, 3.05) is 15.8 Å². The summed E-state index contributed by atoms with van der Waals surface area (Å²) < 4.78 is 169. The molecule has 5 aromatic carbocycles. The summed E-state index contributed by atoms with van der Waals surface area (Å²) in [5.41, 5.74) is -5.31. The number of hydrogen-bond acceptors (Lipinski definition) is 6. The molecule has 330 valence electrons. The summed E-state index contributed by atoms with van der Waals surface area (Å²) in [5.74, 6) is -1.70. The summed E-state index contributed by atoms with van der Waals surface area (Å²) in [4.78, 5) is 28.0. The van der Waals surface area contributed by atoms with E-state index in [0.29, 0.717) is 0 Å². The molecule has 0 spiro atoms. The number of aromatic nitrogens is 4. The van der Waals surface area contributed by atoms with E-state index in [0.717, 1.165) is 53.5 Å². The van der Waals surface area contributed by atoms with Gasteiger partial charge in [-0.25, -0.2) is 14.4 Å². The first-order chi connectivity index (χ1) is 30.1. The quantitative estimate of drug-likeness (QED) is 0.105. The molecule has 0 radical (unpaired) electrons. The van der Waals surface area contributed by atoms with E-state index in [2.05, 4.69) is 20.9 Å². The summed E-state index contributed by atoms with van der Waals surface area (Å²) in [7, 11) is 0. The molecule has 22 heteroatoms. The first-order valence-electron chi connectivity index (χ1n) is 18.1. The summed E-state index contributed by atoms with van der Waals surface area (Å²) >= 11 is 0. The van der Waals surface area contributed by atoms with Crippen LogP contribution in [0, 0.1) is 0 Å². The number of anilines is 3. The number of alkyl halides is 12. The number of halogens is 12. The van der Waals surface area contributed by atoms with Crippen molar-refractivity contribution in [1.82, 2.24) is 19.6 Å². The molecule has 2 amide bonds. The number of ether oxygens (including phenoxy) is 1. The van der Waals surface area contributed by atoms with Gasteiger partial charge in [-0.2, -0.15) is 62.9 Å². The van der Waals surface area contributed by atoms with Gasteiger partial charge in [0.25, 0.3) is 11.8 Å². The zero-order chi connectivity index (χ0) is 46.2. The summed E-state index contributed by atoms with van der Waals surface area (Å²) in [6, 6.07) is 27.7. The minimum absolute atomic E-state index is 0.0382. The monoisotopic (exact) mass is 903 g/mol. The van der Waals surface area contributed by atoms with Crippen LogP contribution in [0.4, 0.5) is 69.7 Å². The average Bonchev–Trinajstić information content (AvgIpc) is 3.92. The van der Waals surface area contributed by atoms with Crippen LogP contribution in [0.5, 0.6) is 11.5 Å². The fourth-order valence-electron chi connectivity index (χ4n) is 6.05. The van der Waals surface area contributed by atoms with Gasteiger partial charge in [0.05, 0.1) is 28.3 Å². The molecular formula is C42H25F12N7O3. The lowest BCUT2D eigenvalue weighted by Crippen LogP contribution is -2.36. The summed E-state index contributed by atoms with van der Waals surface area (Å²) in [5, 5.41) is 9.67. The number of carbonyl (C=O) groups excluding carboxylic acids is 2. The fourth-order valence-corrected chi connectivity index (χ4v) is 6.05. The van der Waals surface area contributed by atoms with Gasteiger partial charge in [-0.3, -0.25) is 15.0 Å². The van der Waals surface area contributed by atoms with Gasteiger partial charge >= 0.3 is 24.7 Å². The Labute approximate surface area is 351 Å². The zero-order valence-corrected chi connectivity index (χ0v) is 31.8. The predicted octanol–water partition coefficient (Wildman–Crippen LogP) is 11.9. The second-order valence-corrected chi connectivity index (χ2v) is 13.4. The minimum Gasteiger partial charge on any atom is -0.454 e. The van der Waals surface area contributed by atoms with Crippen molar-refractivity contribution in [3.05, 3.63) is 173 Å². The zero-order valence-electron chi connectivity index (χ0n) is 31.8. The first-order valence-corrected chi connectivity index (χ1v) is 18.1. The highest BCUT2D eigenvalue weighted by Gasteiger charge is 2.43. The van der Waals surface area contributed by atoms with Crippen LogP contribution in [0.25, 0.3) is 11.4 Å². The van der Waals surface area contributed by atoms with Crippen LogP contribution in [-0.4, -0.2) is 31.4 Å². The van der Waals surface area contributed by atoms with Crippen LogP contribution >= 0.6 is 0 Å². The number of hydrogen-bond donors (Lipinski definition) is 2. The molecule has 2 N–H and O–H groups in total. The molecule has 2 heterocycles. The lowest BCUT2D eigenvalue weighted by atomic mass is 10.1. The average molecular weight is 904 g/mol. The Morgan fingerprint density at radius 2 is 1.03 bits per heavy atom. The van der Waals surface area contributed by atoms with Gasteiger partial charge in [0.1, 0.15) is 17.1 Å². The highest BCUT2D eigenvalue weighted by molar-refractivity contribution is 6.09. The molecule has 10 nitrogen and oxygen atoms in total. The smallest absolute Gasteiger partial charge is 0.435 e. The summed E-state index contributed by atoms with van der Waals surface area (Å²) in [6.07, 6.45) is -20.8. The van der Waals surface area contributed by atoms with E-state index < -0.39 is 70.7 Å². The molecule has 2 aromatic heterocycles. The van der Waals surface area contributed by atoms with Crippen molar-refractivity contribution in [2.24, 2.45) is 0 Å². The molecule has 0 unspecified atom stereocenters. The largest absolute Gasteiger partial charge is 0.454 e. The molecule has 7 rings (SSSR count). The van der Waals surface area contributed by atoms with Crippen LogP contribution in [0.3, 0.4) is 0 Å². The van der Waals surface area contributed by atoms with Gasteiger partial charge in [0, 0.05) is 23.4 Å². The van der Waals surface area contributed by atoms with E-state index in [-0.39, 0.29) is 61.2 Å². The highest BCUT2D eigenvalue weighted by Crippen LogP contribution is 2.40. The highest BCUT2D eigenvalue weighted by atomic mass is 19.4. The Balaban J connectivity index is 1.25. The van der Waals surface area contributed by atoms with Crippen LogP contribution in [0.15, 0.2) is 140 Å². The fraction of sp³-hybridized carbons (Fsp3) is 0.0952. The number of nitrogens with one attached hydrogen (secondary N) is 2. The lowest BCUT2D eigenvalue weighted by molar-refractivity contribution is -0.145. The van der Waals surface area contributed by atoms with Crippen molar-refractivity contribution in [2.45, 2.75) is 24.7 Å². The Morgan fingerprint density at radius 1 is 0.547 bits per heavy atom. The number of amides is 2. The van der Waals surface area contributed by atoms with E-state index in [1.165, 1.54) is 54.6 Å². The van der Waals surface area contributed by atoms with Crippen LogP contribution in [0.2, 0.25) is 0 Å². The standard InChI is InChI=1S/C42H25F12N7O3/c43-39(44,45)32-22-34(41(49,50)51)59(57-32)26-16-14-25(15-17-26)55-37(62)30-12-7-13-31(36(30)64-29-10-5-2-6-11-29)56-61(38(63)24-8-3-1-4-9-24)28-20-18-27(19-21-28)60-35(42(52,53)54)23-33(58-60)40(46,47)48/h1-23,56H,(H,55,62). The van der Waals surface area contributed by atoms with Crippen LogP contribution in [-0.2, 0) is 24.7 Å². The Bertz CT molecular complexity index is 2780. The van der Waals surface area contributed by atoms with Crippen molar-refractivity contribution in [3.8, 4) is 22.9 Å². The van der Waals surface area contributed by atoms with Crippen molar-refractivity contribution >= 4 is 28.9 Å². The number of nitrogens with zero attached hydrogens (tertiary/aromatic N) is 5. The second kappa shape index (κ2) is 16.8. The first kappa shape index (κ1) is 44.3. The van der Waals surface area contributed by atoms with Gasteiger partial charge in [0.15, 0.2) is 17.1 Å². The maximum absolute atomic E-state index is 14.1. The third-order valence-corrected chi connectivity index (χ3v) is 8.98. The van der Waals surface area contributed by atoms with E-state index >= 15 is 0 Å². The molecule has 7 aromatic rings. The molecule has 0 aliphatic carbocycles. The van der Waals surface area contributed by atoms with Gasteiger partial charge in [-0.05, 0) is 84.9 Å². The molecule has 0 saturated carbocycles. The number of benzene rings is 5. The third kappa shape index (κ3) is 9.64. The molecule has 0 fully saturated rings. The Morgan fingerprint density at radius 3 is 1.52 bits per heavy atom. The third-order valence-electron chi connectivity index (χ3n) is 8.98. The maximum Gasteiger partial charge on any atom is 0.435 e. The van der Waals surface area contributed by atoms with Crippen molar-refractivity contribution in [3.63, 3.8) is 0 Å². The molecule has 0 saturated heterocycles. The molecule has 0 aliphatic rings. The van der Waals surface area contributed by atoms with Crippen molar-refractivity contribution < 1.29 is 67.0 Å². The van der Waals surface area contributed by atoms with E-state index in [1.54, 1.807) is 24.3 Å². The second-order valence-electron chi connectivity index (χ2n) is 13.4. The van der Waals surface area contributed by atoms with Gasteiger partial charge < -0.3 is 10.1 Å². The van der Waals surface area contributed by atoms with Crippen LogP contribution < -0.4 is 20.5 Å². The van der Waals surface area contributed by atoms with Crippen molar-refractivity contribution in [1.29, 1.82) is 0 Å². The minimum atomic E-state index is -5.24.